The molecule has 1 saturated heterocycles. The summed E-state index contributed by atoms with van der Waals surface area (Å²) in [7, 11) is 1.66. The molecule has 116 valence electrons. The monoisotopic (exact) mass is 294 g/mol. The van der Waals surface area contributed by atoms with Crippen LogP contribution in [-0.4, -0.2) is 64.8 Å². The molecule has 7 nitrogen and oxygen atoms in total. The Morgan fingerprint density at radius 1 is 1.43 bits per heavy atom. The number of hydrogen-bond acceptors (Lipinski definition) is 6. The Balaban J connectivity index is 1.98. The first-order valence-electron chi connectivity index (χ1n) is 7.15. The van der Waals surface area contributed by atoms with E-state index in [1.165, 1.54) is 17.3 Å². The van der Waals surface area contributed by atoms with Gasteiger partial charge in [0.25, 0.3) is 5.91 Å². The fourth-order valence-corrected chi connectivity index (χ4v) is 2.33. The third-order valence-electron chi connectivity index (χ3n) is 3.53. The molecule has 0 spiro atoms. The summed E-state index contributed by atoms with van der Waals surface area (Å²) in [6.07, 6.45) is 4.06. The van der Waals surface area contributed by atoms with Crippen LogP contribution in [0.2, 0.25) is 0 Å². The summed E-state index contributed by atoms with van der Waals surface area (Å²) in [5.74, 6) is 0.394. The number of nitrogens with one attached hydrogen (secondary N) is 1. The highest BCUT2D eigenvalue weighted by Crippen LogP contribution is 2.21. The molecule has 0 saturated carbocycles. The van der Waals surface area contributed by atoms with E-state index < -0.39 is 5.60 Å². The summed E-state index contributed by atoms with van der Waals surface area (Å²) in [6, 6.07) is 0. The van der Waals surface area contributed by atoms with E-state index in [9.17, 15) is 9.90 Å². The molecular weight excluding hydrogens is 272 g/mol. The number of nitrogens with zero attached hydrogens (tertiary/aromatic N) is 3. The van der Waals surface area contributed by atoms with Gasteiger partial charge in [0.1, 0.15) is 11.5 Å². The zero-order valence-corrected chi connectivity index (χ0v) is 12.5. The van der Waals surface area contributed by atoms with E-state index in [-0.39, 0.29) is 18.1 Å². The number of hydrogen-bond donors (Lipinski definition) is 2. The number of rotatable bonds is 5. The SMILES string of the molecule is CCNc1cnc(C(=O)N(C)CC2(O)CCOCC2)cn1. The molecule has 0 radical (unpaired) electrons. The van der Waals surface area contributed by atoms with Crippen LogP contribution in [0.15, 0.2) is 12.4 Å². The molecule has 2 N–H and O–H groups in total. The van der Waals surface area contributed by atoms with Gasteiger partial charge in [0.2, 0.25) is 0 Å². The minimum absolute atomic E-state index is 0.245. The molecule has 21 heavy (non-hydrogen) atoms. The average molecular weight is 294 g/mol. The lowest BCUT2D eigenvalue weighted by Crippen LogP contribution is -2.47. The molecule has 1 aromatic rings. The molecule has 1 fully saturated rings. The van der Waals surface area contributed by atoms with Gasteiger partial charge in [0.15, 0.2) is 0 Å². The summed E-state index contributed by atoms with van der Waals surface area (Å²) in [5.41, 5.74) is -0.602. The average Bonchev–Trinajstić information content (AvgIpc) is 2.48. The van der Waals surface area contributed by atoms with Gasteiger partial charge < -0.3 is 20.1 Å². The molecule has 1 aliphatic rings. The van der Waals surface area contributed by atoms with Crippen molar-refractivity contribution < 1.29 is 14.6 Å². The Kier molecular flexibility index (Phi) is 5.08. The van der Waals surface area contributed by atoms with Crippen molar-refractivity contribution in [3.63, 3.8) is 0 Å². The number of aliphatic hydroxyl groups is 1. The standard InChI is InChI=1S/C14H22N4O3/c1-3-15-12-9-16-11(8-17-12)13(19)18(2)10-14(20)4-6-21-7-5-14/h8-9,20H,3-7,10H2,1-2H3,(H,15,17). The van der Waals surface area contributed by atoms with E-state index in [1.807, 2.05) is 6.92 Å². The lowest BCUT2D eigenvalue weighted by Gasteiger charge is -2.35. The van der Waals surface area contributed by atoms with Crippen molar-refractivity contribution >= 4 is 11.7 Å². The molecule has 0 aliphatic carbocycles. The molecule has 1 aliphatic heterocycles. The topological polar surface area (TPSA) is 87.6 Å². The normalized spacial score (nSPS) is 17.3. The zero-order chi connectivity index (χ0) is 15.3. The number of ether oxygens (including phenoxy) is 1. The summed E-state index contributed by atoms with van der Waals surface area (Å²) in [4.78, 5) is 22.0. The maximum Gasteiger partial charge on any atom is 0.273 e. The molecule has 2 rings (SSSR count). The highest BCUT2D eigenvalue weighted by Gasteiger charge is 2.32. The van der Waals surface area contributed by atoms with Gasteiger partial charge in [-0.05, 0) is 6.92 Å². The van der Waals surface area contributed by atoms with Crippen LogP contribution in [0.3, 0.4) is 0 Å². The quantitative estimate of drug-likeness (QED) is 0.823. The van der Waals surface area contributed by atoms with E-state index in [1.54, 1.807) is 7.05 Å². The lowest BCUT2D eigenvalue weighted by atomic mass is 9.94. The van der Waals surface area contributed by atoms with Crippen LogP contribution in [0.4, 0.5) is 5.82 Å². The number of anilines is 1. The number of aromatic nitrogens is 2. The second-order valence-electron chi connectivity index (χ2n) is 5.32. The molecule has 0 bridgehead atoms. The molecule has 0 unspecified atom stereocenters. The minimum Gasteiger partial charge on any atom is -0.388 e. The fraction of sp³-hybridized carbons (Fsp3) is 0.643. The van der Waals surface area contributed by atoms with Crippen molar-refractivity contribution in [3.8, 4) is 0 Å². The summed E-state index contributed by atoms with van der Waals surface area (Å²) in [6.45, 7) is 4.03. The van der Waals surface area contributed by atoms with Gasteiger partial charge in [-0.2, -0.15) is 0 Å². The van der Waals surface area contributed by atoms with Crippen LogP contribution in [0.5, 0.6) is 0 Å². The van der Waals surface area contributed by atoms with E-state index in [2.05, 4.69) is 15.3 Å². The smallest absolute Gasteiger partial charge is 0.273 e. The summed E-state index contributed by atoms with van der Waals surface area (Å²) in [5, 5.41) is 13.5. The number of carbonyl (C=O) groups excluding carboxylic acids is 1. The van der Waals surface area contributed by atoms with Gasteiger partial charge >= 0.3 is 0 Å². The summed E-state index contributed by atoms with van der Waals surface area (Å²) < 4.78 is 5.23. The fourth-order valence-electron chi connectivity index (χ4n) is 2.33. The first kappa shape index (κ1) is 15.7. The maximum absolute atomic E-state index is 12.3. The van der Waals surface area contributed by atoms with Crippen LogP contribution < -0.4 is 5.32 Å². The molecule has 7 heteroatoms. The van der Waals surface area contributed by atoms with Gasteiger partial charge in [-0.25, -0.2) is 9.97 Å². The molecule has 1 amide bonds. The van der Waals surface area contributed by atoms with Crippen molar-refractivity contribution in [3.05, 3.63) is 18.1 Å². The van der Waals surface area contributed by atoms with Crippen LogP contribution in [0.25, 0.3) is 0 Å². The Morgan fingerprint density at radius 2 is 2.14 bits per heavy atom. The second kappa shape index (κ2) is 6.82. The third kappa shape index (κ3) is 4.12. The predicted molar refractivity (Wildman–Crippen MR) is 78.2 cm³/mol. The van der Waals surface area contributed by atoms with E-state index in [0.717, 1.165) is 6.54 Å². The Morgan fingerprint density at radius 3 is 2.71 bits per heavy atom. The van der Waals surface area contributed by atoms with Gasteiger partial charge in [-0.3, -0.25) is 4.79 Å². The molecule has 2 heterocycles. The molecule has 1 aromatic heterocycles. The minimum atomic E-state index is -0.875. The third-order valence-corrected chi connectivity index (χ3v) is 3.53. The number of carbonyl (C=O) groups is 1. The van der Waals surface area contributed by atoms with Crippen molar-refractivity contribution in [2.45, 2.75) is 25.4 Å². The highest BCUT2D eigenvalue weighted by atomic mass is 16.5. The number of likely N-dealkylation sites (N-methyl/N-ethyl adjacent to an activating group) is 1. The van der Waals surface area contributed by atoms with Gasteiger partial charge in [-0.15, -0.1) is 0 Å². The maximum atomic E-state index is 12.3. The first-order chi connectivity index (χ1) is 10.0. The van der Waals surface area contributed by atoms with E-state index in [0.29, 0.717) is 31.9 Å². The van der Waals surface area contributed by atoms with Crippen molar-refractivity contribution in [1.82, 2.24) is 14.9 Å². The van der Waals surface area contributed by atoms with Crippen LogP contribution in [0.1, 0.15) is 30.3 Å². The molecular formula is C14H22N4O3. The molecule has 0 atom stereocenters. The lowest BCUT2D eigenvalue weighted by molar-refractivity contribution is -0.0734. The van der Waals surface area contributed by atoms with Crippen molar-refractivity contribution in [2.75, 3.05) is 38.7 Å². The van der Waals surface area contributed by atoms with Gasteiger partial charge in [-0.1, -0.05) is 0 Å². The summed E-state index contributed by atoms with van der Waals surface area (Å²) >= 11 is 0. The highest BCUT2D eigenvalue weighted by molar-refractivity contribution is 5.91. The predicted octanol–water partition coefficient (Wildman–Crippen LogP) is 0.522. The number of amides is 1. The Labute approximate surface area is 124 Å². The van der Waals surface area contributed by atoms with Gasteiger partial charge in [0, 0.05) is 46.2 Å². The second-order valence-corrected chi connectivity index (χ2v) is 5.32. The van der Waals surface area contributed by atoms with Crippen LogP contribution >= 0.6 is 0 Å². The molecule has 0 aromatic carbocycles. The van der Waals surface area contributed by atoms with Crippen LogP contribution in [0, 0.1) is 0 Å². The first-order valence-corrected chi connectivity index (χ1v) is 7.15. The van der Waals surface area contributed by atoms with Crippen molar-refractivity contribution in [2.24, 2.45) is 0 Å². The Hall–Kier alpha value is -1.73. The Bertz CT molecular complexity index is 472. The van der Waals surface area contributed by atoms with E-state index in [4.69, 9.17) is 4.74 Å². The van der Waals surface area contributed by atoms with E-state index >= 15 is 0 Å². The van der Waals surface area contributed by atoms with Gasteiger partial charge in [0.05, 0.1) is 18.0 Å². The largest absolute Gasteiger partial charge is 0.388 e. The van der Waals surface area contributed by atoms with Crippen LogP contribution in [-0.2, 0) is 4.74 Å². The zero-order valence-electron chi connectivity index (χ0n) is 12.5. The van der Waals surface area contributed by atoms with Crippen molar-refractivity contribution in [1.29, 1.82) is 0 Å².